The van der Waals surface area contributed by atoms with E-state index >= 15 is 0 Å². The van der Waals surface area contributed by atoms with E-state index in [4.69, 9.17) is 0 Å². The molecule has 0 bridgehead atoms. The van der Waals surface area contributed by atoms with Gasteiger partial charge in [0.2, 0.25) is 0 Å². The number of benzene rings is 2. The Labute approximate surface area is 172 Å². The van der Waals surface area contributed by atoms with Crippen LogP contribution in [0.25, 0.3) is 10.2 Å². The monoisotopic (exact) mass is 462 g/mol. The van der Waals surface area contributed by atoms with Crippen molar-refractivity contribution in [1.29, 1.82) is 0 Å². The molecule has 2 aromatic carbocycles. The molecule has 0 radical (unpaired) electrons. The van der Waals surface area contributed by atoms with Gasteiger partial charge in [0, 0.05) is 11.6 Å². The van der Waals surface area contributed by atoms with Gasteiger partial charge in [0.15, 0.2) is 5.01 Å². The Hall–Kier alpha value is -3.55. The number of alkyl halides is 6. The van der Waals surface area contributed by atoms with Crippen LogP contribution in [0.2, 0.25) is 0 Å². The molecule has 0 unspecified atom stereocenters. The molecule has 0 aliphatic heterocycles. The molecular weight excluding hydrogens is 454 g/mol. The normalized spacial score (nSPS) is 12.5. The molecule has 0 saturated heterocycles. The molecule has 0 atom stereocenters. The van der Waals surface area contributed by atoms with Gasteiger partial charge >= 0.3 is 12.4 Å². The van der Waals surface area contributed by atoms with Gasteiger partial charge in [0.1, 0.15) is 4.70 Å². The maximum Gasteiger partial charge on any atom is 0.417 e. The van der Waals surface area contributed by atoms with E-state index in [1.165, 1.54) is 12.1 Å². The van der Waals surface area contributed by atoms with Crippen molar-refractivity contribution in [3.63, 3.8) is 0 Å². The van der Waals surface area contributed by atoms with E-state index in [-0.39, 0.29) is 10.3 Å². The summed E-state index contributed by atoms with van der Waals surface area (Å²) in [5, 5.41) is 14.1. The van der Waals surface area contributed by atoms with Gasteiger partial charge in [-0.25, -0.2) is 10.4 Å². The molecule has 162 valence electrons. The third kappa shape index (κ3) is 4.79. The predicted molar refractivity (Wildman–Crippen MR) is 97.8 cm³/mol. The van der Waals surface area contributed by atoms with E-state index in [1.807, 2.05) is 5.43 Å². The van der Waals surface area contributed by atoms with Crippen molar-refractivity contribution in [3.05, 3.63) is 68.2 Å². The van der Waals surface area contributed by atoms with Crippen LogP contribution >= 0.6 is 11.3 Å². The van der Waals surface area contributed by atoms with Gasteiger partial charge < -0.3 is 0 Å². The average Bonchev–Trinajstić information content (AvgIpc) is 3.10. The standard InChI is InChI=1S/C17H8F6N4O3S/c18-16(19,20)9-5-11-13(12(6-9)27(29)30)31-15(25-11)14(28)26-24-7-8-3-1-2-4-10(8)17(21,22)23/h1-7H,(H,26,28). The fraction of sp³-hybridized carbons (Fsp3) is 0.118. The SMILES string of the molecule is O=C(NN=Cc1ccccc1C(F)(F)F)c1nc2cc(C(F)(F)F)cc([N+](=O)[O-])c2s1. The first-order chi connectivity index (χ1) is 14.4. The van der Waals surface area contributed by atoms with Crippen LogP contribution in [-0.2, 0) is 12.4 Å². The zero-order chi connectivity index (χ0) is 23.0. The molecule has 1 amide bonds. The van der Waals surface area contributed by atoms with Crippen LogP contribution < -0.4 is 5.43 Å². The number of nitrogens with zero attached hydrogens (tertiary/aromatic N) is 3. The smallest absolute Gasteiger partial charge is 0.265 e. The van der Waals surface area contributed by atoms with Gasteiger partial charge in [-0.1, -0.05) is 18.2 Å². The molecular formula is C17H8F6N4O3S. The second-order valence-electron chi connectivity index (χ2n) is 5.90. The van der Waals surface area contributed by atoms with Crippen LogP contribution in [0.1, 0.15) is 26.5 Å². The highest BCUT2D eigenvalue weighted by molar-refractivity contribution is 7.20. The topological polar surface area (TPSA) is 97.5 Å². The van der Waals surface area contributed by atoms with Gasteiger partial charge in [-0.15, -0.1) is 11.3 Å². The number of hydrogen-bond donors (Lipinski definition) is 1. The van der Waals surface area contributed by atoms with Crippen molar-refractivity contribution in [2.45, 2.75) is 12.4 Å². The summed E-state index contributed by atoms with van der Waals surface area (Å²) in [7, 11) is 0. The number of aromatic nitrogens is 1. The Morgan fingerprint density at radius 1 is 1.13 bits per heavy atom. The number of hydrogen-bond acceptors (Lipinski definition) is 6. The number of non-ortho nitro benzene ring substituents is 1. The van der Waals surface area contributed by atoms with Crippen molar-refractivity contribution < 1.29 is 36.1 Å². The lowest BCUT2D eigenvalue weighted by atomic mass is 10.1. The first kappa shape index (κ1) is 22.1. The quantitative estimate of drug-likeness (QED) is 0.255. The molecule has 0 spiro atoms. The Morgan fingerprint density at radius 3 is 2.42 bits per heavy atom. The van der Waals surface area contributed by atoms with Crippen LogP contribution in [-0.4, -0.2) is 22.0 Å². The minimum Gasteiger partial charge on any atom is -0.265 e. The molecule has 7 nitrogen and oxygen atoms in total. The van der Waals surface area contributed by atoms with Crippen LogP contribution in [0.5, 0.6) is 0 Å². The minimum atomic E-state index is -4.87. The van der Waals surface area contributed by atoms with Gasteiger partial charge in [-0.3, -0.25) is 14.9 Å². The number of hydrazone groups is 1. The number of thiazole rings is 1. The second-order valence-corrected chi connectivity index (χ2v) is 6.90. The first-order valence-electron chi connectivity index (χ1n) is 8.03. The largest absolute Gasteiger partial charge is 0.417 e. The molecule has 0 saturated carbocycles. The van der Waals surface area contributed by atoms with Crippen LogP contribution in [0.4, 0.5) is 32.0 Å². The summed E-state index contributed by atoms with van der Waals surface area (Å²) < 4.78 is 77.4. The van der Waals surface area contributed by atoms with E-state index < -0.39 is 50.5 Å². The third-order valence-corrected chi connectivity index (χ3v) is 4.92. The number of amides is 1. The van der Waals surface area contributed by atoms with Crippen molar-refractivity contribution in [2.75, 3.05) is 0 Å². The molecule has 1 aromatic heterocycles. The van der Waals surface area contributed by atoms with Crippen LogP contribution in [0.15, 0.2) is 41.5 Å². The summed E-state index contributed by atoms with van der Waals surface area (Å²) >= 11 is 0.447. The lowest BCUT2D eigenvalue weighted by Gasteiger charge is -2.08. The van der Waals surface area contributed by atoms with E-state index in [2.05, 4.69) is 10.1 Å². The Kier molecular flexibility index (Phi) is 5.67. The van der Waals surface area contributed by atoms with Crippen molar-refractivity contribution >= 4 is 39.4 Å². The number of carbonyl (C=O) groups excluding carboxylic acids is 1. The maximum atomic E-state index is 12.9. The summed E-state index contributed by atoms with van der Waals surface area (Å²) in [4.78, 5) is 25.9. The molecule has 1 N–H and O–H groups in total. The first-order valence-corrected chi connectivity index (χ1v) is 8.85. The Morgan fingerprint density at radius 2 is 1.81 bits per heavy atom. The molecule has 31 heavy (non-hydrogen) atoms. The van der Waals surface area contributed by atoms with Crippen molar-refractivity contribution in [3.8, 4) is 0 Å². The molecule has 3 rings (SSSR count). The van der Waals surface area contributed by atoms with Gasteiger partial charge in [0.05, 0.1) is 27.8 Å². The number of carbonyl (C=O) groups is 1. The van der Waals surface area contributed by atoms with E-state index in [9.17, 15) is 41.3 Å². The number of halogens is 6. The highest BCUT2D eigenvalue weighted by Crippen LogP contribution is 2.38. The lowest BCUT2D eigenvalue weighted by molar-refractivity contribution is -0.383. The zero-order valence-corrected chi connectivity index (χ0v) is 15.6. The van der Waals surface area contributed by atoms with Crippen LogP contribution in [0, 0.1) is 10.1 Å². The summed E-state index contributed by atoms with van der Waals surface area (Å²) in [6, 6.07) is 5.30. The van der Waals surface area contributed by atoms with E-state index in [0.717, 1.165) is 18.3 Å². The van der Waals surface area contributed by atoms with Crippen LogP contribution in [0.3, 0.4) is 0 Å². The summed E-state index contributed by atoms with van der Waals surface area (Å²) in [5.41, 5.74) is -2.07. The number of fused-ring (bicyclic) bond motifs is 1. The van der Waals surface area contributed by atoms with Gasteiger partial charge in [-0.05, 0) is 12.1 Å². The van der Waals surface area contributed by atoms with Crippen molar-refractivity contribution in [2.24, 2.45) is 5.10 Å². The fourth-order valence-corrected chi connectivity index (χ4v) is 3.41. The molecule has 1 heterocycles. The number of nitro groups is 1. The molecule has 3 aromatic rings. The zero-order valence-electron chi connectivity index (χ0n) is 14.8. The molecule has 0 aliphatic carbocycles. The second kappa shape index (κ2) is 7.94. The summed E-state index contributed by atoms with van der Waals surface area (Å²) in [6.07, 6.45) is -8.80. The number of nitrogens with one attached hydrogen (secondary N) is 1. The van der Waals surface area contributed by atoms with E-state index in [0.29, 0.717) is 23.5 Å². The van der Waals surface area contributed by atoms with Crippen molar-refractivity contribution in [1.82, 2.24) is 10.4 Å². The number of rotatable bonds is 4. The molecule has 0 aliphatic rings. The van der Waals surface area contributed by atoms with Gasteiger partial charge in [-0.2, -0.15) is 31.4 Å². The average molecular weight is 462 g/mol. The highest BCUT2D eigenvalue weighted by atomic mass is 32.1. The minimum absolute atomic E-state index is 0.269. The maximum absolute atomic E-state index is 12.9. The fourth-order valence-electron chi connectivity index (χ4n) is 2.49. The lowest BCUT2D eigenvalue weighted by Crippen LogP contribution is -2.17. The van der Waals surface area contributed by atoms with E-state index in [1.54, 1.807) is 0 Å². The Bertz CT molecular complexity index is 1200. The molecule has 0 fully saturated rings. The summed E-state index contributed by atoms with van der Waals surface area (Å²) in [5.74, 6) is -1.07. The molecule has 14 heteroatoms. The van der Waals surface area contributed by atoms with Gasteiger partial charge in [0.25, 0.3) is 11.6 Å². The summed E-state index contributed by atoms with van der Waals surface area (Å²) in [6.45, 7) is 0. The predicted octanol–water partition coefficient (Wildman–Crippen LogP) is 5.01. The number of nitro benzene ring substituents is 1. The highest BCUT2D eigenvalue weighted by Gasteiger charge is 2.35. The Balaban J connectivity index is 1.90. The third-order valence-electron chi connectivity index (χ3n) is 3.82.